The van der Waals surface area contributed by atoms with Crippen LogP contribution in [0, 0.1) is 0 Å². The van der Waals surface area contributed by atoms with Crippen LogP contribution in [0.1, 0.15) is 22.5 Å². The summed E-state index contributed by atoms with van der Waals surface area (Å²) in [5, 5.41) is 11.2. The number of likely N-dealkylation sites (tertiary alicyclic amines) is 1. The van der Waals surface area contributed by atoms with E-state index in [1.54, 1.807) is 11.0 Å². The van der Waals surface area contributed by atoms with Crippen molar-refractivity contribution in [1.29, 1.82) is 0 Å². The Morgan fingerprint density at radius 2 is 2.30 bits per heavy atom. The van der Waals surface area contributed by atoms with Gasteiger partial charge in [-0.1, -0.05) is 11.6 Å². The van der Waals surface area contributed by atoms with Crippen molar-refractivity contribution in [2.45, 2.75) is 18.9 Å². The fourth-order valence-corrected chi connectivity index (χ4v) is 3.90. The largest absolute Gasteiger partial charge is 0.397 e. The molecule has 1 amide bonds. The maximum atomic E-state index is 12.5. The topological polar surface area (TPSA) is 66.6 Å². The SMILES string of the molecule is Nc1c(C(=O)N2CCCC(O)C2)sc2cc(Cl)ccc12. The molecule has 20 heavy (non-hydrogen) atoms. The van der Waals surface area contributed by atoms with Crippen LogP contribution in [0.2, 0.25) is 5.02 Å². The number of fused-ring (bicyclic) bond motifs is 1. The first-order valence-corrected chi connectivity index (χ1v) is 7.70. The van der Waals surface area contributed by atoms with Crippen molar-refractivity contribution in [2.75, 3.05) is 18.8 Å². The number of amides is 1. The molecule has 0 spiro atoms. The monoisotopic (exact) mass is 310 g/mol. The lowest BCUT2D eigenvalue weighted by molar-refractivity contribution is 0.0478. The van der Waals surface area contributed by atoms with E-state index in [1.807, 2.05) is 12.1 Å². The van der Waals surface area contributed by atoms with Crippen molar-refractivity contribution in [3.63, 3.8) is 0 Å². The minimum Gasteiger partial charge on any atom is -0.397 e. The number of aliphatic hydroxyl groups is 1. The highest BCUT2D eigenvalue weighted by molar-refractivity contribution is 7.21. The molecule has 2 aromatic rings. The van der Waals surface area contributed by atoms with E-state index in [0.29, 0.717) is 28.7 Å². The van der Waals surface area contributed by atoms with Crippen LogP contribution in [0.3, 0.4) is 0 Å². The first-order valence-electron chi connectivity index (χ1n) is 6.51. The number of hydrogen-bond donors (Lipinski definition) is 2. The molecule has 0 bridgehead atoms. The van der Waals surface area contributed by atoms with Gasteiger partial charge in [0.2, 0.25) is 0 Å². The van der Waals surface area contributed by atoms with E-state index in [1.165, 1.54) is 11.3 Å². The van der Waals surface area contributed by atoms with Crippen LogP contribution in [0.5, 0.6) is 0 Å². The lowest BCUT2D eigenvalue weighted by Gasteiger charge is -2.29. The van der Waals surface area contributed by atoms with E-state index in [2.05, 4.69) is 0 Å². The van der Waals surface area contributed by atoms with Crippen molar-refractivity contribution in [3.8, 4) is 0 Å². The van der Waals surface area contributed by atoms with Crippen molar-refractivity contribution in [2.24, 2.45) is 0 Å². The van der Waals surface area contributed by atoms with Gasteiger partial charge in [0.15, 0.2) is 0 Å². The molecule has 1 saturated heterocycles. The van der Waals surface area contributed by atoms with Crippen LogP contribution < -0.4 is 5.73 Å². The van der Waals surface area contributed by atoms with Gasteiger partial charge in [0.05, 0.1) is 11.8 Å². The number of hydrogen-bond acceptors (Lipinski definition) is 4. The molecule has 0 saturated carbocycles. The number of nitrogen functional groups attached to an aromatic ring is 1. The summed E-state index contributed by atoms with van der Waals surface area (Å²) < 4.78 is 0.913. The third-order valence-corrected chi connectivity index (χ3v) is 4.96. The molecule has 3 N–H and O–H groups in total. The molecular formula is C14H15ClN2O2S. The van der Waals surface area contributed by atoms with Gasteiger partial charge in [-0.25, -0.2) is 0 Å². The molecular weight excluding hydrogens is 296 g/mol. The van der Waals surface area contributed by atoms with Crippen LogP contribution in [-0.4, -0.2) is 35.1 Å². The number of β-amino-alcohol motifs (C(OH)–C–C–N with tert-alkyl or cyclic N) is 1. The zero-order valence-corrected chi connectivity index (χ0v) is 12.4. The van der Waals surface area contributed by atoms with Gasteiger partial charge in [-0.05, 0) is 31.0 Å². The number of carbonyl (C=O) groups excluding carboxylic acids is 1. The smallest absolute Gasteiger partial charge is 0.266 e. The van der Waals surface area contributed by atoms with E-state index in [4.69, 9.17) is 17.3 Å². The van der Waals surface area contributed by atoms with Crippen molar-refractivity contribution in [1.82, 2.24) is 4.90 Å². The number of benzene rings is 1. The molecule has 4 nitrogen and oxygen atoms in total. The number of thiophene rings is 1. The summed E-state index contributed by atoms with van der Waals surface area (Å²) in [6.45, 7) is 1.05. The third-order valence-electron chi connectivity index (χ3n) is 3.57. The van der Waals surface area contributed by atoms with E-state index >= 15 is 0 Å². The Hall–Kier alpha value is -1.30. The lowest BCUT2D eigenvalue weighted by Crippen LogP contribution is -2.42. The highest BCUT2D eigenvalue weighted by Gasteiger charge is 2.26. The van der Waals surface area contributed by atoms with E-state index in [9.17, 15) is 9.90 Å². The Balaban J connectivity index is 1.97. The van der Waals surface area contributed by atoms with Gasteiger partial charge in [-0.15, -0.1) is 11.3 Å². The number of halogens is 1. The van der Waals surface area contributed by atoms with Crippen LogP contribution in [-0.2, 0) is 0 Å². The van der Waals surface area contributed by atoms with Crippen molar-refractivity contribution in [3.05, 3.63) is 28.1 Å². The molecule has 1 aromatic carbocycles. The quantitative estimate of drug-likeness (QED) is 0.851. The average molecular weight is 311 g/mol. The molecule has 1 aliphatic rings. The van der Waals surface area contributed by atoms with Gasteiger partial charge < -0.3 is 15.7 Å². The Labute approximate surface area is 125 Å². The molecule has 1 unspecified atom stereocenters. The number of piperidine rings is 1. The maximum Gasteiger partial charge on any atom is 0.266 e. The van der Waals surface area contributed by atoms with Gasteiger partial charge in [0, 0.05) is 28.2 Å². The van der Waals surface area contributed by atoms with Crippen LogP contribution >= 0.6 is 22.9 Å². The zero-order valence-electron chi connectivity index (χ0n) is 10.8. The van der Waals surface area contributed by atoms with Crippen molar-refractivity contribution >= 4 is 44.6 Å². The lowest BCUT2D eigenvalue weighted by atomic mass is 10.1. The second-order valence-corrected chi connectivity index (χ2v) is 6.52. The van der Waals surface area contributed by atoms with Gasteiger partial charge >= 0.3 is 0 Å². The summed E-state index contributed by atoms with van der Waals surface area (Å²) in [6.07, 6.45) is 1.14. The molecule has 6 heteroatoms. The Kier molecular flexibility index (Phi) is 3.58. The van der Waals surface area contributed by atoms with Crippen LogP contribution in [0.4, 0.5) is 5.69 Å². The minimum atomic E-state index is -0.433. The average Bonchev–Trinajstić information content (AvgIpc) is 2.74. The maximum absolute atomic E-state index is 12.5. The van der Waals surface area contributed by atoms with E-state index < -0.39 is 6.10 Å². The third kappa shape index (κ3) is 2.37. The number of nitrogens with two attached hydrogens (primary N) is 1. The summed E-state index contributed by atoms with van der Waals surface area (Å²) in [5.74, 6) is -0.0985. The summed E-state index contributed by atoms with van der Waals surface area (Å²) in [5.41, 5.74) is 6.59. The van der Waals surface area contributed by atoms with E-state index in [-0.39, 0.29) is 5.91 Å². The minimum absolute atomic E-state index is 0.0985. The van der Waals surface area contributed by atoms with Crippen LogP contribution in [0.25, 0.3) is 10.1 Å². The molecule has 1 atom stereocenters. The molecule has 0 radical (unpaired) electrons. The molecule has 1 fully saturated rings. The first-order chi connectivity index (χ1) is 9.56. The fraction of sp³-hybridized carbons (Fsp3) is 0.357. The molecule has 106 valence electrons. The normalized spacial score (nSPS) is 19.5. The molecule has 1 aromatic heterocycles. The highest BCUT2D eigenvalue weighted by Crippen LogP contribution is 2.36. The van der Waals surface area contributed by atoms with E-state index in [0.717, 1.165) is 22.9 Å². The Morgan fingerprint density at radius 1 is 1.50 bits per heavy atom. The van der Waals surface area contributed by atoms with Gasteiger partial charge in [0.25, 0.3) is 5.91 Å². The molecule has 3 rings (SSSR count). The number of aliphatic hydroxyl groups excluding tert-OH is 1. The number of nitrogens with zero attached hydrogens (tertiary/aromatic N) is 1. The fourth-order valence-electron chi connectivity index (χ4n) is 2.53. The first kappa shape index (κ1) is 13.7. The molecule has 0 aliphatic carbocycles. The second kappa shape index (κ2) is 5.24. The Bertz CT molecular complexity index is 670. The van der Waals surface area contributed by atoms with Gasteiger partial charge in [-0.2, -0.15) is 0 Å². The summed E-state index contributed by atoms with van der Waals surface area (Å²) in [4.78, 5) is 14.7. The zero-order chi connectivity index (χ0) is 14.3. The van der Waals surface area contributed by atoms with Gasteiger partial charge in [-0.3, -0.25) is 4.79 Å². The predicted molar refractivity (Wildman–Crippen MR) is 82.4 cm³/mol. The summed E-state index contributed by atoms with van der Waals surface area (Å²) in [6, 6.07) is 5.43. The number of carbonyl (C=O) groups is 1. The summed E-state index contributed by atoms with van der Waals surface area (Å²) in [7, 11) is 0. The van der Waals surface area contributed by atoms with Gasteiger partial charge in [0.1, 0.15) is 4.88 Å². The number of anilines is 1. The highest BCUT2D eigenvalue weighted by atomic mass is 35.5. The standard InChI is InChI=1S/C14H15ClN2O2S/c15-8-3-4-10-11(6-8)20-13(12(10)16)14(19)17-5-1-2-9(18)7-17/h3-4,6,9,18H,1-2,5,7,16H2. The summed E-state index contributed by atoms with van der Waals surface area (Å²) >= 11 is 7.32. The van der Waals surface area contributed by atoms with Crippen LogP contribution in [0.15, 0.2) is 18.2 Å². The number of rotatable bonds is 1. The molecule has 1 aliphatic heterocycles. The van der Waals surface area contributed by atoms with Crippen molar-refractivity contribution < 1.29 is 9.90 Å². The predicted octanol–water partition coefficient (Wildman–Crippen LogP) is 2.73. The molecule has 2 heterocycles. The second-order valence-electron chi connectivity index (χ2n) is 5.03. The Morgan fingerprint density at radius 3 is 3.05 bits per heavy atom.